The molecule has 1 aromatic carbocycles. The van der Waals surface area contributed by atoms with E-state index in [-0.39, 0.29) is 11.9 Å². The maximum Gasteiger partial charge on any atom is 0.256 e. The number of carbonyl (C=O) groups is 1. The van der Waals surface area contributed by atoms with E-state index in [2.05, 4.69) is 39.2 Å². The molecule has 6 rings (SSSR count). The zero-order valence-electron chi connectivity index (χ0n) is 18.4. The van der Waals surface area contributed by atoms with Crippen LogP contribution in [0.3, 0.4) is 0 Å². The van der Waals surface area contributed by atoms with Crippen molar-refractivity contribution in [3.05, 3.63) is 48.3 Å². The molecule has 0 atom stereocenters. The molecule has 3 aromatic heterocycles. The lowest BCUT2D eigenvalue weighted by Gasteiger charge is -2.54. The number of pyridine rings is 1. The molecule has 0 bridgehead atoms. The molecule has 1 spiro atoms. The molecule has 0 unspecified atom stereocenters. The summed E-state index contributed by atoms with van der Waals surface area (Å²) < 4.78 is 8.30. The molecule has 0 aliphatic carbocycles. The van der Waals surface area contributed by atoms with Crippen LogP contribution in [0.5, 0.6) is 0 Å². The minimum Gasteiger partial charge on any atom is -0.380 e. The maximum absolute atomic E-state index is 12.9. The topological polar surface area (TPSA) is 98.1 Å². The summed E-state index contributed by atoms with van der Waals surface area (Å²) in [5.41, 5.74) is 2.48. The van der Waals surface area contributed by atoms with E-state index in [9.17, 15) is 4.79 Å². The van der Waals surface area contributed by atoms with Gasteiger partial charge in [-0.1, -0.05) is 17.4 Å². The van der Waals surface area contributed by atoms with E-state index in [1.165, 1.54) is 0 Å². The summed E-state index contributed by atoms with van der Waals surface area (Å²) in [4.78, 5) is 24.6. The number of benzene rings is 1. The van der Waals surface area contributed by atoms with Crippen LogP contribution in [0, 0.1) is 5.41 Å². The number of hydrogen-bond donors (Lipinski definition) is 1. The molecular formula is C23H23N7O2S. The predicted octanol–water partition coefficient (Wildman–Crippen LogP) is 3.62. The number of rotatable bonds is 5. The second-order valence-electron chi connectivity index (χ2n) is 9.05. The average Bonchev–Trinajstić information content (AvgIpc) is 3.38. The molecule has 2 saturated heterocycles. The highest BCUT2D eigenvalue weighted by molar-refractivity contribution is 7.22. The molecule has 10 heteroatoms. The Bertz CT molecular complexity index is 1350. The first-order chi connectivity index (χ1) is 16.0. The molecule has 2 fully saturated rings. The Hall–Kier alpha value is -3.37. The van der Waals surface area contributed by atoms with Gasteiger partial charge in [-0.05, 0) is 44.2 Å². The van der Waals surface area contributed by atoms with Crippen molar-refractivity contribution >= 4 is 38.4 Å². The van der Waals surface area contributed by atoms with E-state index in [0.29, 0.717) is 28.3 Å². The third-order valence-electron chi connectivity index (χ3n) is 6.13. The van der Waals surface area contributed by atoms with Crippen molar-refractivity contribution in [3.63, 3.8) is 0 Å². The monoisotopic (exact) mass is 461 g/mol. The quantitative estimate of drug-likeness (QED) is 0.485. The van der Waals surface area contributed by atoms with Crippen molar-refractivity contribution in [3.8, 4) is 11.5 Å². The van der Waals surface area contributed by atoms with Gasteiger partial charge in [0.05, 0.1) is 28.8 Å². The van der Waals surface area contributed by atoms with Gasteiger partial charge in [0.2, 0.25) is 0 Å². The Labute approximate surface area is 194 Å². The van der Waals surface area contributed by atoms with E-state index in [1.807, 2.05) is 28.8 Å². The molecule has 2 aliphatic heterocycles. The van der Waals surface area contributed by atoms with Gasteiger partial charge in [0.25, 0.3) is 5.91 Å². The van der Waals surface area contributed by atoms with Crippen molar-refractivity contribution in [1.29, 1.82) is 0 Å². The number of nitrogens with zero attached hydrogens (tertiary/aromatic N) is 6. The lowest BCUT2D eigenvalue weighted by atomic mass is 9.78. The number of carbonyl (C=O) groups excluding carboxylic acids is 1. The predicted molar refractivity (Wildman–Crippen MR) is 127 cm³/mol. The van der Waals surface area contributed by atoms with Gasteiger partial charge in [-0.15, -0.1) is 10.2 Å². The van der Waals surface area contributed by atoms with Crippen LogP contribution >= 0.6 is 11.3 Å². The highest BCUT2D eigenvalue weighted by Crippen LogP contribution is 2.42. The highest BCUT2D eigenvalue weighted by Gasteiger charge is 2.49. The number of hydrogen-bond acceptors (Lipinski definition) is 8. The van der Waals surface area contributed by atoms with Gasteiger partial charge in [0.1, 0.15) is 17.8 Å². The summed E-state index contributed by atoms with van der Waals surface area (Å²) in [5, 5.41) is 12.1. The lowest BCUT2D eigenvalue weighted by Crippen LogP contribution is -2.66. The van der Waals surface area contributed by atoms with Crippen LogP contribution in [0.25, 0.3) is 21.7 Å². The number of nitrogens with one attached hydrogen (secondary N) is 1. The molecule has 1 N–H and O–H groups in total. The lowest BCUT2D eigenvalue weighted by molar-refractivity contribution is -0.127. The summed E-state index contributed by atoms with van der Waals surface area (Å²) in [6.45, 7) is 7.80. The first-order valence-corrected chi connectivity index (χ1v) is 11.7. The minimum absolute atomic E-state index is 0.204. The molecule has 0 radical (unpaired) electrons. The normalized spacial score (nSPS) is 16.8. The van der Waals surface area contributed by atoms with E-state index < -0.39 is 0 Å². The molecule has 33 heavy (non-hydrogen) atoms. The Kier molecular flexibility index (Phi) is 4.66. The Morgan fingerprint density at radius 3 is 2.79 bits per heavy atom. The van der Waals surface area contributed by atoms with Crippen LogP contribution in [-0.2, 0) is 4.74 Å². The fourth-order valence-corrected chi connectivity index (χ4v) is 5.29. The third kappa shape index (κ3) is 3.55. The van der Waals surface area contributed by atoms with E-state index in [0.717, 1.165) is 41.7 Å². The van der Waals surface area contributed by atoms with Gasteiger partial charge in [0, 0.05) is 24.7 Å². The van der Waals surface area contributed by atoms with E-state index in [4.69, 9.17) is 9.72 Å². The van der Waals surface area contributed by atoms with Gasteiger partial charge in [-0.2, -0.15) is 0 Å². The summed E-state index contributed by atoms with van der Waals surface area (Å²) in [7, 11) is 0. The second-order valence-corrected chi connectivity index (χ2v) is 10.1. The molecule has 1 amide bonds. The summed E-state index contributed by atoms with van der Waals surface area (Å²) >= 11 is 1.62. The van der Waals surface area contributed by atoms with Gasteiger partial charge in [-0.25, -0.2) is 9.97 Å². The fraction of sp³-hybridized carbons (Fsp3) is 0.348. The molecule has 168 valence electrons. The fourth-order valence-electron chi connectivity index (χ4n) is 4.28. The maximum atomic E-state index is 12.9. The molecule has 0 saturated carbocycles. The van der Waals surface area contributed by atoms with Gasteiger partial charge in [-0.3, -0.25) is 4.79 Å². The van der Waals surface area contributed by atoms with Gasteiger partial charge < -0.3 is 19.5 Å². The van der Waals surface area contributed by atoms with Gasteiger partial charge >= 0.3 is 0 Å². The second kappa shape index (κ2) is 7.60. The SMILES string of the molecule is CC(C)n1cnnc1-c1cccc(NC(=O)c2ccc3nc(N4CC5(COC5)C4)sc3c2)n1. The van der Waals surface area contributed by atoms with Crippen molar-refractivity contribution < 1.29 is 9.53 Å². The standard InChI is InChI=1S/C23H23N7O2S/c1-14(2)30-13-24-28-20(30)17-4-3-5-19(25-17)27-21(31)15-6-7-16-18(8-15)33-22(26-16)29-9-23(10-29)11-32-12-23/h3-8,13-14H,9-12H2,1-2H3,(H,25,27,31). The average molecular weight is 462 g/mol. The molecule has 5 heterocycles. The Balaban J connectivity index is 1.20. The molecule has 2 aliphatic rings. The van der Waals surface area contributed by atoms with Crippen molar-refractivity contribution in [1.82, 2.24) is 24.7 Å². The smallest absolute Gasteiger partial charge is 0.256 e. The van der Waals surface area contributed by atoms with Crippen molar-refractivity contribution in [2.75, 3.05) is 36.5 Å². The Morgan fingerprint density at radius 2 is 2.03 bits per heavy atom. The summed E-state index contributed by atoms with van der Waals surface area (Å²) in [6.07, 6.45) is 1.69. The number of aromatic nitrogens is 5. The molecular weight excluding hydrogens is 438 g/mol. The number of anilines is 2. The van der Waals surface area contributed by atoms with Crippen LogP contribution < -0.4 is 10.2 Å². The van der Waals surface area contributed by atoms with Crippen LogP contribution in [0.2, 0.25) is 0 Å². The molecule has 4 aromatic rings. The largest absolute Gasteiger partial charge is 0.380 e. The van der Waals surface area contributed by atoms with Crippen LogP contribution in [0.15, 0.2) is 42.7 Å². The number of fused-ring (bicyclic) bond motifs is 1. The van der Waals surface area contributed by atoms with Crippen LogP contribution in [-0.4, -0.2) is 56.9 Å². The Morgan fingerprint density at radius 1 is 1.18 bits per heavy atom. The minimum atomic E-state index is -0.212. The van der Waals surface area contributed by atoms with Crippen LogP contribution in [0.1, 0.15) is 30.2 Å². The van der Waals surface area contributed by atoms with E-state index in [1.54, 1.807) is 29.8 Å². The zero-order valence-corrected chi connectivity index (χ0v) is 19.2. The summed E-state index contributed by atoms with van der Waals surface area (Å²) in [5.74, 6) is 0.923. The first kappa shape index (κ1) is 20.3. The third-order valence-corrected chi connectivity index (χ3v) is 7.21. The van der Waals surface area contributed by atoms with E-state index >= 15 is 0 Å². The number of ether oxygens (including phenoxy) is 1. The summed E-state index contributed by atoms with van der Waals surface area (Å²) in [6, 6.07) is 11.3. The molecule has 9 nitrogen and oxygen atoms in total. The number of amides is 1. The number of thiazole rings is 1. The van der Waals surface area contributed by atoms with Gasteiger partial charge in [0.15, 0.2) is 11.0 Å². The van der Waals surface area contributed by atoms with Crippen molar-refractivity contribution in [2.24, 2.45) is 5.41 Å². The zero-order chi connectivity index (χ0) is 22.6. The highest BCUT2D eigenvalue weighted by atomic mass is 32.1. The van der Waals surface area contributed by atoms with Crippen molar-refractivity contribution in [2.45, 2.75) is 19.9 Å². The van der Waals surface area contributed by atoms with Crippen LogP contribution in [0.4, 0.5) is 10.9 Å². The first-order valence-electron chi connectivity index (χ1n) is 10.9.